The van der Waals surface area contributed by atoms with E-state index in [0.717, 1.165) is 15.6 Å². The maximum absolute atomic E-state index is 14.0. The number of rotatable bonds is 3. The largest absolute Gasteiger partial charge is 0.497 e. The monoisotopic (exact) mass is 342 g/mol. The number of benzene rings is 2. The van der Waals surface area contributed by atoms with E-state index in [-0.39, 0.29) is 5.82 Å². The molecule has 0 radical (unpaired) electrons. The molecule has 1 unspecified atom stereocenters. The van der Waals surface area contributed by atoms with E-state index in [1.165, 1.54) is 13.2 Å². The first kappa shape index (κ1) is 14.4. The molecule has 0 amide bonds. The second-order valence-electron chi connectivity index (χ2n) is 4.20. The van der Waals surface area contributed by atoms with Crippen LogP contribution in [0, 0.1) is 12.7 Å². The van der Waals surface area contributed by atoms with Gasteiger partial charge in [0.2, 0.25) is 0 Å². The van der Waals surface area contributed by atoms with Crippen LogP contribution in [0.2, 0.25) is 0 Å². The normalized spacial score (nSPS) is 12.3. The van der Waals surface area contributed by atoms with Gasteiger partial charge in [0.1, 0.15) is 11.6 Å². The molecule has 0 fully saturated rings. The van der Waals surface area contributed by atoms with Gasteiger partial charge in [0, 0.05) is 16.1 Å². The molecule has 0 bridgehead atoms. The number of hydrogen-bond donors (Lipinski definition) is 0. The fourth-order valence-corrected chi connectivity index (χ4v) is 2.70. The Morgan fingerprint density at radius 2 is 1.95 bits per heavy atom. The van der Waals surface area contributed by atoms with Crippen LogP contribution in [-0.2, 0) is 0 Å². The molecule has 0 saturated carbocycles. The Morgan fingerprint density at radius 1 is 1.21 bits per heavy atom. The molecule has 0 saturated heterocycles. The average molecular weight is 344 g/mol. The summed E-state index contributed by atoms with van der Waals surface area (Å²) in [6.07, 6.45) is 0. The maximum Gasteiger partial charge on any atom is 0.131 e. The zero-order valence-corrected chi connectivity index (χ0v) is 12.9. The molecule has 2 aromatic carbocycles. The fraction of sp³-hybridized carbons (Fsp3) is 0.200. The number of ether oxygens (including phenoxy) is 1. The molecule has 0 aliphatic rings. The minimum Gasteiger partial charge on any atom is -0.497 e. The van der Waals surface area contributed by atoms with E-state index >= 15 is 0 Å². The average Bonchev–Trinajstić information content (AvgIpc) is 2.41. The van der Waals surface area contributed by atoms with Gasteiger partial charge in [-0.1, -0.05) is 34.1 Å². The Bertz CT molecular complexity index is 601. The minimum atomic E-state index is -0.525. The van der Waals surface area contributed by atoms with Gasteiger partial charge in [-0.3, -0.25) is 0 Å². The zero-order valence-electron chi connectivity index (χ0n) is 10.6. The maximum atomic E-state index is 14.0. The highest BCUT2D eigenvalue weighted by Gasteiger charge is 2.18. The van der Waals surface area contributed by atoms with E-state index < -0.39 is 5.38 Å². The van der Waals surface area contributed by atoms with Crippen LogP contribution in [0.4, 0.5) is 4.39 Å². The van der Waals surface area contributed by atoms with Crippen molar-refractivity contribution >= 4 is 27.5 Å². The Morgan fingerprint density at radius 3 is 2.58 bits per heavy atom. The molecule has 2 rings (SSSR count). The van der Waals surface area contributed by atoms with Crippen molar-refractivity contribution in [3.8, 4) is 5.75 Å². The summed E-state index contributed by atoms with van der Waals surface area (Å²) in [4.78, 5) is 0. The van der Waals surface area contributed by atoms with Crippen LogP contribution in [0.3, 0.4) is 0 Å². The highest BCUT2D eigenvalue weighted by molar-refractivity contribution is 9.10. The van der Waals surface area contributed by atoms with E-state index in [9.17, 15) is 4.39 Å². The molecule has 0 N–H and O–H groups in total. The molecule has 19 heavy (non-hydrogen) atoms. The highest BCUT2D eigenvalue weighted by Crippen LogP contribution is 2.35. The molecular formula is C15H13BrClFO. The summed E-state index contributed by atoms with van der Waals surface area (Å²) in [5.41, 5.74) is 2.35. The van der Waals surface area contributed by atoms with Crippen LogP contribution in [-0.4, -0.2) is 7.11 Å². The molecule has 100 valence electrons. The Labute approximate surface area is 125 Å². The standard InChI is InChI=1S/C15H13BrClFO/c1-9-11(4-3-5-13(9)16)15(17)12-7-6-10(19-2)8-14(12)18/h3-8,15H,1-2H3. The highest BCUT2D eigenvalue weighted by atomic mass is 79.9. The fourth-order valence-electron chi connectivity index (χ4n) is 1.91. The van der Waals surface area contributed by atoms with Crippen molar-refractivity contribution in [2.24, 2.45) is 0 Å². The van der Waals surface area contributed by atoms with Gasteiger partial charge >= 0.3 is 0 Å². The summed E-state index contributed by atoms with van der Waals surface area (Å²) in [7, 11) is 1.51. The number of hydrogen-bond acceptors (Lipinski definition) is 1. The molecule has 0 aromatic heterocycles. The molecule has 1 atom stereocenters. The van der Waals surface area contributed by atoms with Gasteiger partial charge in [0.25, 0.3) is 0 Å². The summed E-state index contributed by atoms with van der Waals surface area (Å²) >= 11 is 9.86. The lowest BCUT2D eigenvalue weighted by atomic mass is 9.99. The van der Waals surface area contributed by atoms with E-state index in [4.69, 9.17) is 16.3 Å². The van der Waals surface area contributed by atoms with E-state index in [2.05, 4.69) is 15.9 Å². The molecule has 2 aromatic rings. The first-order valence-electron chi connectivity index (χ1n) is 5.77. The summed E-state index contributed by atoms with van der Waals surface area (Å²) < 4.78 is 20.0. The Kier molecular flexibility index (Phi) is 4.48. The third-order valence-corrected chi connectivity index (χ3v) is 4.39. The van der Waals surface area contributed by atoms with E-state index in [1.54, 1.807) is 12.1 Å². The molecule has 0 heterocycles. The second-order valence-corrected chi connectivity index (χ2v) is 5.49. The van der Waals surface area contributed by atoms with Gasteiger partial charge < -0.3 is 4.74 Å². The smallest absolute Gasteiger partial charge is 0.131 e. The third-order valence-electron chi connectivity index (χ3n) is 3.06. The van der Waals surface area contributed by atoms with Crippen molar-refractivity contribution in [2.45, 2.75) is 12.3 Å². The Balaban J connectivity index is 2.44. The summed E-state index contributed by atoms with van der Waals surface area (Å²) in [5, 5.41) is -0.525. The van der Waals surface area contributed by atoms with E-state index in [1.807, 2.05) is 25.1 Å². The quantitative estimate of drug-likeness (QED) is 0.693. The SMILES string of the molecule is COc1ccc(C(Cl)c2cccc(Br)c2C)c(F)c1. The molecular weight excluding hydrogens is 331 g/mol. The topological polar surface area (TPSA) is 9.23 Å². The van der Waals surface area contributed by atoms with Crippen molar-refractivity contribution in [2.75, 3.05) is 7.11 Å². The van der Waals surface area contributed by atoms with Crippen LogP contribution >= 0.6 is 27.5 Å². The summed E-state index contributed by atoms with van der Waals surface area (Å²) in [6, 6.07) is 10.4. The number of alkyl halides is 1. The third kappa shape index (κ3) is 2.93. The lowest BCUT2D eigenvalue weighted by Crippen LogP contribution is -2.00. The van der Waals surface area contributed by atoms with Crippen molar-refractivity contribution in [1.29, 1.82) is 0 Å². The van der Waals surface area contributed by atoms with Crippen molar-refractivity contribution in [3.63, 3.8) is 0 Å². The van der Waals surface area contributed by atoms with Crippen LogP contribution in [0.1, 0.15) is 22.1 Å². The first-order valence-corrected chi connectivity index (χ1v) is 7.00. The van der Waals surface area contributed by atoms with Gasteiger partial charge in [0.05, 0.1) is 12.5 Å². The summed E-state index contributed by atoms with van der Waals surface area (Å²) in [6.45, 7) is 1.95. The lowest BCUT2D eigenvalue weighted by molar-refractivity contribution is 0.410. The van der Waals surface area contributed by atoms with Crippen LogP contribution < -0.4 is 4.74 Å². The Hall–Kier alpha value is -1.06. The van der Waals surface area contributed by atoms with Gasteiger partial charge in [-0.2, -0.15) is 0 Å². The van der Waals surface area contributed by atoms with Crippen LogP contribution in [0.15, 0.2) is 40.9 Å². The predicted octanol–water partition coefficient (Wildman–Crippen LogP) is 5.23. The minimum absolute atomic E-state index is 0.362. The van der Waals surface area contributed by atoms with Crippen molar-refractivity contribution in [3.05, 3.63) is 63.4 Å². The predicted molar refractivity (Wildman–Crippen MR) is 79.5 cm³/mol. The van der Waals surface area contributed by atoms with Gasteiger partial charge in [-0.25, -0.2) is 4.39 Å². The lowest BCUT2D eigenvalue weighted by Gasteiger charge is -2.15. The molecule has 4 heteroatoms. The van der Waals surface area contributed by atoms with Gasteiger partial charge in [-0.05, 0) is 30.2 Å². The number of methoxy groups -OCH3 is 1. The van der Waals surface area contributed by atoms with Crippen LogP contribution in [0.25, 0.3) is 0 Å². The molecule has 0 aliphatic carbocycles. The zero-order chi connectivity index (χ0) is 14.0. The summed E-state index contributed by atoms with van der Waals surface area (Å²) in [5.74, 6) is 0.120. The van der Waals surface area contributed by atoms with Crippen molar-refractivity contribution < 1.29 is 9.13 Å². The van der Waals surface area contributed by atoms with Crippen molar-refractivity contribution in [1.82, 2.24) is 0 Å². The first-order chi connectivity index (χ1) is 9.04. The molecule has 0 aliphatic heterocycles. The number of halogens is 3. The second kappa shape index (κ2) is 5.93. The van der Waals surface area contributed by atoms with E-state index in [0.29, 0.717) is 11.3 Å². The molecule has 0 spiro atoms. The van der Waals surface area contributed by atoms with Crippen LogP contribution in [0.5, 0.6) is 5.75 Å². The molecule has 1 nitrogen and oxygen atoms in total. The van der Waals surface area contributed by atoms with Gasteiger partial charge in [-0.15, -0.1) is 11.6 Å². The van der Waals surface area contributed by atoms with Gasteiger partial charge in [0.15, 0.2) is 0 Å².